The number of rotatable bonds is 5. The second-order valence-corrected chi connectivity index (χ2v) is 6.35. The van der Waals surface area contributed by atoms with Crippen LogP contribution in [0.3, 0.4) is 0 Å². The molecule has 2 amide bonds. The summed E-state index contributed by atoms with van der Waals surface area (Å²) in [5.74, 6) is -0.149. The monoisotopic (exact) mass is 342 g/mol. The molecule has 1 N–H and O–H groups in total. The highest BCUT2D eigenvalue weighted by atomic mass is 35.5. The molecule has 120 valence electrons. The second-order valence-electron chi connectivity index (χ2n) is 5.54. The van der Waals surface area contributed by atoms with Crippen LogP contribution in [0.15, 0.2) is 18.2 Å². The highest BCUT2D eigenvalue weighted by Crippen LogP contribution is 2.24. The van der Waals surface area contributed by atoms with Crippen molar-refractivity contribution < 1.29 is 9.59 Å². The van der Waals surface area contributed by atoms with Crippen LogP contribution in [0.25, 0.3) is 0 Å². The zero-order chi connectivity index (χ0) is 16.1. The van der Waals surface area contributed by atoms with Gasteiger partial charge < -0.3 is 10.2 Å². The zero-order valence-electron chi connectivity index (χ0n) is 12.6. The van der Waals surface area contributed by atoms with Gasteiger partial charge in [-0.25, -0.2) is 0 Å². The van der Waals surface area contributed by atoms with E-state index in [-0.39, 0.29) is 11.8 Å². The van der Waals surface area contributed by atoms with Gasteiger partial charge in [0.15, 0.2) is 0 Å². The summed E-state index contributed by atoms with van der Waals surface area (Å²) in [5, 5.41) is 3.59. The zero-order valence-corrected chi connectivity index (χ0v) is 14.1. The van der Waals surface area contributed by atoms with Gasteiger partial charge in [-0.15, -0.1) is 0 Å². The Hall–Kier alpha value is -1.26. The first-order valence-electron chi connectivity index (χ1n) is 7.49. The van der Waals surface area contributed by atoms with Gasteiger partial charge in [-0.2, -0.15) is 0 Å². The van der Waals surface area contributed by atoms with Crippen molar-refractivity contribution in [3.05, 3.63) is 33.8 Å². The maximum Gasteiger partial charge on any atom is 0.251 e. The topological polar surface area (TPSA) is 49.4 Å². The number of amides is 2. The van der Waals surface area contributed by atoms with Crippen LogP contribution < -0.4 is 5.32 Å². The van der Waals surface area contributed by atoms with Crippen molar-refractivity contribution in [2.45, 2.75) is 38.6 Å². The molecule has 6 heteroatoms. The Bertz CT molecular complexity index is 557. The van der Waals surface area contributed by atoms with Crippen LogP contribution in [0, 0.1) is 0 Å². The number of hydrogen-bond donors (Lipinski definition) is 1. The Kier molecular flexibility index (Phi) is 6.09. The number of halogens is 2. The molecule has 0 saturated heterocycles. The van der Waals surface area contributed by atoms with Gasteiger partial charge in [-0.05, 0) is 31.0 Å². The van der Waals surface area contributed by atoms with E-state index in [0.717, 1.165) is 12.8 Å². The van der Waals surface area contributed by atoms with Gasteiger partial charge in [0, 0.05) is 31.6 Å². The predicted octanol–water partition coefficient (Wildman–Crippen LogP) is 3.51. The first-order chi connectivity index (χ1) is 10.5. The van der Waals surface area contributed by atoms with Gasteiger partial charge in [0.1, 0.15) is 0 Å². The number of carbonyl (C=O) groups is 2. The van der Waals surface area contributed by atoms with E-state index in [1.165, 1.54) is 12.8 Å². The van der Waals surface area contributed by atoms with Gasteiger partial charge in [0.2, 0.25) is 5.91 Å². The fourth-order valence-corrected chi connectivity index (χ4v) is 3.14. The molecule has 1 aromatic rings. The average Bonchev–Trinajstić information content (AvgIpc) is 2.99. The fraction of sp³-hybridized carbons (Fsp3) is 0.500. The van der Waals surface area contributed by atoms with Crippen molar-refractivity contribution in [3.8, 4) is 0 Å². The normalized spacial score (nSPS) is 14.9. The standard InChI is InChI=1S/C16H20Cl2N2O2/c1-11(21)20(13-4-2-3-5-13)9-8-19-16(22)12-6-7-14(17)15(18)10-12/h6-7,10,13H,2-5,8-9H2,1H3,(H,19,22). The van der Waals surface area contributed by atoms with Gasteiger partial charge >= 0.3 is 0 Å². The Labute approximate surface area is 140 Å². The first kappa shape index (κ1) is 17.1. The fourth-order valence-electron chi connectivity index (χ4n) is 2.84. The molecule has 0 bridgehead atoms. The molecule has 0 heterocycles. The van der Waals surface area contributed by atoms with E-state index < -0.39 is 0 Å². The average molecular weight is 343 g/mol. The van der Waals surface area contributed by atoms with Gasteiger partial charge in [-0.1, -0.05) is 36.0 Å². The van der Waals surface area contributed by atoms with Crippen LogP contribution in [0.4, 0.5) is 0 Å². The minimum absolute atomic E-state index is 0.0655. The van der Waals surface area contributed by atoms with Gasteiger partial charge in [0.25, 0.3) is 5.91 Å². The number of benzene rings is 1. The molecule has 22 heavy (non-hydrogen) atoms. The summed E-state index contributed by atoms with van der Waals surface area (Å²) >= 11 is 11.7. The van der Waals surface area contributed by atoms with Crippen LogP contribution in [0.1, 0.15) is 43.0 Å². The highest BCUT2D eigenvalue weighted by Gasteiger charge is 2.24. The van der Waals surface area contributed by atoms with E-state index >= 15 is 0 Å². The Morgan fingerprint density at radius 3 is 2.50 bits per heavy atom. The van der Waals surface area contributed by atoms with Crippen LogP contribution in [0.5, 0.6) is 0 Å². The summed E-state index contributed by atoms with van der Waals surface area (Å²) in [6.45, 7) is 2.54. The molecule has 1 saturated carbocycles. The maximum atomic E-state index is 12.1. The molecular formula is C16H20Cl2N2O2. The molecule has 0 aromatic heterocycles. The highest BCUT2D eigenvalue weighted by molar-refractivity contribution is 6.42. The Morgan fingerprint density at radius 1 is 1.23 bits per heavy atom. The minimum atomic E-state index is -0.214. The molecule has 0 unspecified atom stereocenters. The SMILES string of the molecule is CC(=O)N(CCNC(=O)c1ccc(Cl)c(Cl)c1)C1CCCC1. The summed E-state index contributed by atoms with van der Waals surface area (Å²) in [6, 6.07) is 5.08. The smallest absolute Gasteiger partial charge is 0.251 e. The van der Waals surface area contributed by atoms with E-state index in [1.807, 2.05) is 4.90 Å². The van der Waals surface area contributed by atoms with Crippen LogP contribution >= 0.6 is 23.2 Å². The lowest BCUT2D eigenvalue weighted by Crippen LogP contribution is -2.42. The van der Waals surface area contributed by atoms with Crippen molar-refractivity contribution in [2.24, 2.45) is 0 Å². The number of hydrogen-bond acceptors (Lipinski definition) is 2. The molecule has 0 radical (unpaired) electrons. The van der Waals surface area contributed by atoms with Gasteiger partial charge in [-0.3, -0.25) is 9.59 Å². The van der Waals surface area contributed by atoms with E-state index in [1.54, 1.807) is 25.1 Å². The maximum absolute atomic E-state index is 12.1. The second kappa shape index (κ2) is 7.84. The third kappa shape index (κ3) is 4.37. The summed E-state index contributed by atoms with van der Waals surface area (Å²) in [6.07, 6.45) is 4.45. The van der Waals surface area contributed by atoms with Crippen molar-refractivity contribution in [3.63, 3.8) is 0 Å². The lowest BCUT2D eigenvalue weighted by Gasteiger charge is -2.27. The molecule has 1 fully saturated rings. The van der Waals surface area contributed by atoms with Crippen LogP contribution in [-0.2, 0) is 4.79 Å². The number of nitrogens with zero attached hydrogens (tertiary/aromatic N) is 1. The summed E-state index contributed by atoms with van der Waals surface area (Å²) in [5.41, 5.74) is 0.463. The van der Waals surface area contributed by atoms with Crippen molar-refractivity contribution >= 4 is 35.0 Å². The molecular weight excluding hydrogens is 323 g/mol. The summed E-state index contributed by atoms with van der Waals surface area (Å²) in [7, 11) is 0. The lowest BCUT2D eigenvalue weighted by atomic mass is 10.2. The summed E-state index contributed by atoms with van der Waals surface area (Å²) < 4.78 is 0. The minimum Gasteiger partial charge on any atom is -0.350 e. The van der Waals surface area contributed by atoms with E-state index in [0.29, 0.717) is 34.7 Å². The third-order valence-electron chi connectivity index (χ3n) is 3.99. The van der Waals surface area contributed by atoms with E-state index in [4.69, 9.17) is 23.2 Å². The lowest BCUT2D eigenvalue weighted by molar-refractivity contribution is -0.130. The number of carbonyl (C=O) groups excluding carboxylic acids is 2. The predicted molar refractivity (Wildman–Crippen MR) is 88.4 cm³/mol. The molecule has 2 rings (SSSR count). The van der Waals surface area contributed by atoms with Crippen molar-refractivity contribution in [2.75, 3.05) is 13.1 Å². The molecule has 0 aliphatic heterocycles. The van der Waals surface area contributed by atoms with Crippen molar-refractivity contribution in [1.82, 2.24) is 10.2 Å². The first-order valence-corrected chi connectivity index (χ1v) is 8.25. The molecule has 0 atom stereocenters. The molecule has 1 aromatic carbocycles. The molecule has 0 spiro atoms. The third-order valence-corrected chi connectivity index (χ3v) is 4.73. The van der Waals surface area contributed by atoms with Crippen LogP contribution in [0.2, 0.25) is 10.0 Å². The largest absolute Gasteiger partial charge is 0.350 e. The number of nitrogens with one attached hydrogen (secondary N) is 1. The quantitative estimate of drug-likeness (QED) is 0.889. The van der Waals surface area contributed by atoms with E-state index in [2.05, 4.69) is 5.32 Å². The van der Waals surface area contributed by atoms with Gasteiger partial charge in [0.05, 0.1) is 10.0 Å². The molecule has 1 aliphatic rings. The Balaban J connectivity index is 1.87. The van der Waals surface area contributed by atoms with Crippen LogP contribution in [-0.4, -0.2) is 35.8 Å². The van der Waals surface area contributed by atoms with Crippen molar-refractivity contribution in [1.29, 1.82) is 0 Å². The Morgan fingerprint density at radius 2 is 1.91 bits per heavy atom. The molecule has 4 nitrogen and oxygen atoms in total. The summed E-state index contributed by atoms with van der Waals surface area (Å²) in [4.78, 5) is 25.7. The van der Waals surface area contributed by atoms with E-state index in [9.17, 15) is 9.59 Å². The molecule has 1 aliphatic carbocycles.